The summed E-state index contributed by atoms with van der Waals surface area (Å²) in [6.07, 6.45) is 0.493. The number of hydrogen-bond donors (Lipinski definition) is 1. The number of carbonyl (C=O) groups is 1. The molecule has 3 rings (SSSR count). The Morgan fingerprint density at radius 1 is 1.31 bits per heavy atom. The van der Waals surface area contributed by atoms with Crippen LogP contribution in [0.15, 0.2) is 0 Å². The largest absolute Gasteiger partial charge is 0.466 e. The monoisotopic (exact) mass is 386 g/mol. The van der Waals surface area contributed by atoms with E-state index in [1.807, 2.05) is 0 Å². The summed E-state index contributed by atoms with van der Waals surface area (Å²) >= 11 is 0. The first-order chi connectivity index (χ1) is 11.9. The van der Waals surface area contributed by atoms with Crippen LogP contribution in [0.3, 0.4) is 0 Å². The van der Waals surface area contributed by atoms with Gasteiger partial charge >= 0.3 is 5.97 Å². The van der Waals surface area contributed by atoms with Gasteiger partial charge in [-0.2, -0.15) is 0 Å². The molecule has 1 aliphatic heterocycles. The standard InChI is InChI=1S/C19H34O6Si/c1-8-23-14(20)9-12-13-10-19(13,25-26(6,7)17(2,3)4)16-18(12,21)11-15(22-5)24-16/h12-13,15-16,21H,8-11H2,1-7H3/t12-,13?,15+,16?,18+,19+/m0/s1. The lowest BCUT2D eigenvalue weighted by Gasteiger charge is -2.41. The number of rotatable bonds is 6. The molecular formula is C19H34O6Si. The van der Waals surface area contributed by atoms with Crippen LogP contribution < -0.4 is 0 Å². The SMILES string of the molecule is CCOC(=O)C[C@H]1C2C[C@]2(O[Si](C)(C)C(C)(C)C)C2O[C@@H](OC)C[C@]21O. The van der Waals surface area contributed by atoms with E-state index in [1.165, 1.54) is 0 Å². The van der Waals surface area contributed by atoms with Crippen LogP contribution in [0.1, 0.15) is 47.0 Å². The molecule has 0 spiro atoms. The highest BCUT2D eigenvalue weighted by atomic mass is 28.4. The second kappa shape index (κ2) is 6.27. The van der Waals surface area contributed by atoms with Gasteiger partial charge < -0.3 is 23.7 Å². The zero-order chi connectivity index (χ0) is 19.5. The van der Waals surface area contributed by atoms with Crippen molar-refractivity contribution in [3.63, 3.8) is 0 Å². The molecule has 26 heavy (non-hydrogen) atoms. The highest BCUT2D eigenvalue weighted by Gasteiger charge is 2.81. The lowest BCUT2D eigenvalue weighted by atomic mass is 9.81. The van der Waals surface area contributed by atoms with Crippen molar-refractivity contribution in [2.24, 2.45) is 11.8 Å². The summed E-state index contributed by atoms with van der Waals surface area (Å²) in [5, 5.41) is 11.6. The second-order valence-electron chi connectivity index (χ2n) is 9.62. The Bertz CT molecular complexity index is 573. The van der Waals surface area contributed by atoms with Crippen molar-refractivity contribution in [3.05, 3.63) is 0 Å². The van der Waals surface area contributed by atoms with Crippen LogP contribution in [0, 0.1) is 11.8 Å². The van der Waals surface area contributed by atoms with Crippen molar-refractivity contribution >= 4 is 14.3 Å². The van der Waals surface area contributed by atoms with Crippen LogP contribution in [-0.2, 0) is 23.4 Å². The molecule has 7 heteroatoms. The average Bonchev–Trinajstić information content (AvgIpc) is 3.02. The summed E-state index contributed by atoms with van der Waals surface area (Å²) in [7, 11) is -0.474. The zero-order valence-corrected chi connectivity index (χ0v) is 18.1. The molecule has 2 saturated carbocycles. The summed E-state index contributed by atoms with van der Waals surface area (Å²) in [5.41, 5.74) is -1.60. The van der Waals surface area contributed by atoms with Crippen molar-refractivity contribution in [3.8, 4) is 0 Å². The van der Waals surface area contributed by atoms with E-state index in [9.17, 15) is 9.90 Å². The molecule has 3 aliphatic rings. The first-order valence-corrected chi connectivity index (χ1v) is 12.6. The van der Waals surface area contributed by atoms with Crippen LogP contribution in [0.25, 0.3) is 0 Å². The van der Waals surface area contributed by atoms with Crippen LogP contribution in [0.2, 0.25) is 18.1 Å². The number of methoxy groups -OCH3 is 1. The highest BCUT2D eigenvalue weighted by molar-refractivity contribution is 6.74. The van der Waals surface area contributed by atoms with E-state index in [4.69, 9.17) is 18.6 Å². The first-order valence-electron chi connectivity index (χ1n) is 9.67. The van der Waals surface area contributed by atoms with Gasteiger partial charge in [-0.3, -0.25) is 4.79 Å². The van der Waals surface area contributed by atoms with Gasteiger partial charge in [-0.15, -0.1) is 0 Å². The van der Waals surface area contributed by atoms with E-state index >= 15 is 0 Å². The molecule has 0 bridgehead atoms. The van der Waals surface area contributed by atoms with Crippen molar-refractivity contribution in [1.29, 1.82) is 0 Å². The molecule has 0 amide bonds. The average molecular weight is 387 g/mol. The van der Waals surface area contributed by atoms with Gasteiger partial charge in [0.2, 0.25) is 0 Å². The molecule has 1 heterocycles. The molecule has 6 atom stereocenters. The Labute approximate surface area is 157 Å². The number of carbonyl (C=O) groups excluding carboxylic acids is 1. The number of hydrogen-bond acceptors (Lipinski definition) is 6. The minimum absolute atomic E-state index is 0.0610. The molecule has 0 aromatic rings. The molecular weight excluding hydrogens is 352 g/mol. The Morgan fingerprint density at radius 3 is 2.50 bits per heavy atom. The van der Waals surface area contributed by atoms with Gasteiger partial charge in [0.1, 0.15) is 11.7 Å². The predicted molar refractivity (Wildman–Crippen MR) is 99.1 cm³/mol. The maximum Gasteiger partial charge on any atom is 0.306 e. The number of aliphatic hydroxyl groups is 1. The highest BCUT2D eigenvalue weighted by Crippen LogP contribution is 2.70. The van der Waals surface area contributed by atoms with Crippen molar-refractivity contribution in [2.75, 3.05) is 13.7 Å². The molecule has 2 unspecified atom stereocenters. The maximum atomic E-state index is 12.2. The lowest BCUT2D eigenvalue weighted by molar-refractivity contribution is -0.156. The molecule has 150 valence electrons. The van der Waals surface area contributed by atoms with E-state index in [-0.39, 0.29) is 29.3 Å². The van der Waals surface area contributed by atoms with Crippen LogP contribution in [0.4, 0.5) is 0 Å². The third kappa shape index (κ3) is 2.96. The summed E-state index contributed by atoms with van der Waals surface area (Å²) < 4.78 is 23.4. The van der Waals surface area contributed by atoms with Crippen molar-refractivity contribution < 1.29 is 28.5 Å². The fraction of sp³-hybridized carbons (Fsp3) is 0.947. The maximum absolute atomic E-state index is 12.2. The van der Waals surface area contributed by atoms with E-state index < -0.39 is 31.9 Å². The molecule has 1 N–H and O–H groups in total. The quantitative estimate of drug-likeness (QED) is 0.559. The Balaban J connectivity index is 1.88. The summed E-state index contributed by atoms with van der Waals surface area (Å²) in [4.78, 5) is 12.2. The van der Waals surface area contributed by atoms with Crippen LogP contribution >= 0.6 is 0 Å². The summed E-state index contributed by atoms with van der Waals surface area (Å²) in [6.45, 7) is 13.2. The molecule has 0 aromatic heterocycles. The van der Waals surface area contributed by atoms with Gasteiger partial charge in [-0.1, -0.05) is 20.8 Å². The van der Waals surface area contributed by atoms with Gasteiger partial charge in [-0.05, 0) is 37.4 Å². The Hall–Kier alpha value is -0.473. The summed E-state index contributed by atoms with van der Waals surface area (Å²) in [6, 6.07) is 0. The van der Waals surface area contributed by atoms with E-state index in [0.29, 0.717) is 13.0 Å². The van der Waals surface area contributed by atoms with Gasteiger partial charge in [-0.25, -0.2) is 0 Å². The van der Waals surface area contributed by atoms with E-state index in [1.54, 1.807) is 14.0 Å². The van der Waals surface area contributed by atoms with E-state index in [0.717, 1.165) is 6.42 Å². The van der Waals surface area contributed by atoms with Crippen molar-refractivity contribution in [1.82, 2.24) is 0 Å². The van der Waals surface area contributed by atoms with Crippen LogP contribution in [0.5, 0.6) is 0 Å². The normalized spacial score (nSPS) is 41.7. The third-order valence-electron chi connectivity index (χ3n) is 7.02. The smallest absolute Gasteiger partial charge is 0.306 e. The number of esters is 1. The molecule has 6 nitrogen and oxygen atoms in total. The Morgan fingerprint density at radius 2 is 1.96 bits per heavy atom. The van der Waals surface area contributed by atoms with Crippen LogP contribution in [-0.4, -0.2) is 56.7 Å². The van der Waals surface area contributed by atoms with Gasteiger partial charge in [0.15, 0.2) is 14.6 Å². The van der Waals surface area contributed by atoms with Gasteiger partial charge in [0.25, 0.3) is 0 Å². The number of fused-ring (bicyclic) bond motifs is 3. The molecule has 3 fully saturated rings. The van der Waals surface area contributed by atoms with Crippen molar-refractivity contribution in [2.45, 2.75) is 88.7 Å². The first kappa shape index (κ1) is 20.3. The fourth-order valence-electron chi connectivity index (χ4n) is 4.65. The molecule has 1 saturated heterocycles. The summed E-state index contributed by atoms with van der Waals surface area (Å²) in [5.74, 6) is -0.342. The van der Waals surface area contributed by atoms with E-state index in [2.05, 4.69) is 33.9 Å². The zero-order valence-electron chi connectivity index (χ0n) is 17.1. The van der Waals surface area contributed by atoms with Gasteiger partial charge in [0, 0.05) is 19.4 Å². The predicted octanol–water partition coefficient (Wildman–Crippen LogP) is 2.84. The lowest BCUT2D eigenvalue weighted by Crippen LogP contribution is -2.52. The third-order valence-corrected chi connectivity index (χ3v) is 11.5. The minimum Gasteiger partial charge on any atom is -0.466 e. The topological polar surface area (TPSA) is 74.2 Å². The Kier molecular flexibility index (Phi) is 4.89. The minimum atomic E-state index is -2.06. The molecule has 2 aliphatic carbocycles. The second-order valence-corrected chi connectivity index (χ2v) is 14.3. The van der Waals surface area contributed by atoms with Gasteiger partial charge in [0.05, 0.1) is 18.6 Å². The molecule has 0 radical (unpaired) electrons. The molecule has 0 aromatic carbocycles. The number of ether oxygens (including phenoxy) is 3. The fourth-order valence-corrected chi connectivity index (χ4v) is 6.25.